The fourth-order valence-corrected chi connectivity index (χ4v) is 3.21. The van der Waals surface area contributed by atoms with Gasteiger partial charge in [-0.15, -0.1) is 0 Å². The molecule has 0 bridgehead atoms. The van der Waals surface area contributed by atoms with Crippen LogP contribution in [0, 0.1) is 0 Å². The smallest absolute Gasteiger partial charge is 0.328 e. The van der Waals surface area contributed by atoms with Gasteiger partial charge in [-0.25, -0.2) is 9.69 Å². The van der Waals surface area contributed by atoms with Crippen LogP contribution in [0.25, 0.3) is 0 Å². The Bertz CT molecular complexity index is 401. The van der Waals surface area contributed by atoms with Gasteiger partial charge in [-0.2, -0.15) is 0 Å². The molecule has 6 nitrogen and oxygen atoms in total. The lowest BCUT2D eigenvalue weighted by Crippen LogP contribution is -2.46. The highest BCUT2D eigenvalue weighted by atomic mass is 16.2. The first-order chi connectivity index (χ1) is 8.65. The summed E-state index contributed by atoms with van der Waals surface area (Å²) in [5.74, 6) is -0.255. The molecule has 0 N–H and O–H groups in total. The molecule has 0 unspecified atom stereocenters. The van der Waals surface area contributed by atoms with E-state index in [1.54, 1.807) is 9.80 Å². The van der Waals surface area contributed by atoms with Gasteiger partial charge in [-0.3, -0.25) is 9.59 Å². The van der Waals surface area contributed by atoms with E-state index >= 15 is 0 Å². The molecule has 3 aliphatic heterocycles. The second-order valence-electron chi connectivity index (χ2n) is 5.06. The van der Waals surface area contributed by atoms with Crippen molar-refractivity contribution in [1.29, 1.82) is 0 Å². The number of hydrogen-bond acceptors (Lipinski definition) is 3. The average Bonchev–Trinajstić information content (AvgIpc) is 3.01. The van der Waals surface area contributed by atoms with Gasteiger partial charge in [-0.05, 0) is 26.2 Å². The van der Waals surface area contributed by atoms with Gasteiger partial charge in [0.05, 0.1) is 0 Å². The van der Waals surface area contributed by atoms with Gasteiger partial charge in [0, 0.05) is 19.6 Å². The van der Waals surface area contributed by atoms with Crippen LogP contribution < -0.4 is 0 Å². The van der Waals surface area contributed by atoms with E-state index in [-0.39, 0.29) is 23.9 Å². The van der Waals surface area contributed by atoms with Crippen molar-refractivity contribution in [3.8, 4) is 0 Å². The van der Waals surface area contributed by atoms with E-state index in [0.29, 0.717) is 26.1 Å². The molecule has 0 aliphatic carbocycles. The number of hydrogen-bond donors (Lipinski definition) is 0. The van der Waals surface area contributed by atoms with Gasteiger partial charge in [0.1, 0.15) is 12.1 Å². The number of urea groups is 1. The van der Waals surface area contributed by atoms with E-state index < -0.39 is 6.04 Å². The van der Waals surface area contributed by atoms with Crippen LogP contribution in [0.2, 0.25) is 0 Å². The van der Waals surface area contributed by atoms with Gasteiger partial charge in [0.25, 0.3) is 5.91 Å². The molecule has 0 radical (unpaired) electrons. The van der Waals surface area contributed by atoms with Crippen LogP contribution >= 0.6 is 0 Å². The predicted octanol–water partition coefficient (Wildman–Crippen LogP) is 0.0338. The Morgan fingerprint density at radius 1 is 1.06 bits per heavy atom. The number of fused-ring (bicyclic) bond motifs is 1. The Labute approximate surface area is 106 Å². The van der Waals surface area contributed by atoms with Crippen molar-refractivity contribution < 1.29 is 14.4 Å². The molecule has 0 aromatic carbocycles. The lowest BCUT2D eigenvalue weighted by molar-refractivity contribution is -0.138. The molecule has 3 fully saturated rings. The number of likely N-dealkylation sites (tertiary alicyclic amines) is 1. The van der Waals surface area contributed by atoms with Gasteiger partial charge < -0.3 is 9.80 Å². The van der Waals surface area contributed by atoms with E-state index in [9.17, 15) is 14.4 Å². The normalized spacial score (nSPS) is 31.8. The van der Waals surface area contributed by atoms with Crippen molar-refractivity contribution in [3.63, 3.8) is 0 Å². The SMILES string of the molecule is CCN1CC[C@H](N2C(=O)[C@H]3CCCN3C2=O)C1=O. The third-order valence-electron chi connectivity index (χ3n) is 4.19. The zero-order valence-corrected chi connectivity index (χ0v) is 10.5. The monoisotopic (exact) mass is 251 g/mol. The molecule has 3 saturated heterocycles. The topological polar surface area (TPSA) is 60.9 Å². The van der Waals surface area contributed by atoms with Crippen molar-refractivity contribution in [1.82, 2.24) is 14.7 Å². The first-order valence-corrected chi connectivity index (χ1v) is 6.57. The lowest BCUT2D eigenvalue weighted by atomic mass is 10.1. The Hall–Kier alpha value is -1.59. The van der Waals surface area contributed by atoms with E-state index in [1.807, 2.05) is 6.92 Å². The van der Waals surface area contributed by atoms with Crippen LogP contribution in [0.5, 0.6) is 0 Å². The molecule has 0 saturated carbocycles. The molecule has 18 heavy (non-hydrogen) atoms. The summed E-state index contributed by atoms with van der Waals surface area (Å²) in [7, 11) is 0. The second kappa shape index (κ2) is 3.96. The molecule has 3 heterocycles. The molecule has 4 amide bonds. The molecule has 98 valence electrons. The molecule has 0 spiro atoms. The molecule has 3 aliphatic rings. The highest BCUT2D eigenvalue weighted by molar-refractivity contribution is 6.08. The zero-order chi connectivity index (χ0) is 12.9. The predicted molar refractivity (Wildman–Crippen MR) is 62.6 cm³/mol. The quantitative estimate of drug-likeness (QED) is 0.651. The summed E-state index contributed by atoms with van der Waals surface area (Å²) in [5.41, 5.74) is 0. The summed E-state index contributed by atoms with van der Waals surface area (Å²) in [4.78, 5) is 41.0. The van der Waals surface area contributed by atoms with E-state index in [1.165, 1.54) is 4.90 Å². The molecule has 0 aromatic rings. The van der Waals surface area contributed by atoms with Crippen molar-refractivity contribution in [2.45, 2.75) is 38.3 Å². The minimum absolute atomic E-state index is 0.0830. The van der Waals surface area contributed by atoms with Crippen molar-refractivity contribution >= 4 is 17.8 Å². The van der Waals surface area contributed by atoms with E-state index in [4.69, 9.17) is 0 Å². The molecule has 0 aromatic heterocycles. The van der Waals surface area contributed by atoms with Gasteiger partial charge >= 0.3 is 6.03 Å². The number of rotatable bonds is 2. The number of carbonyl (C=O) groups excluding carboxylic acids is 3. The number of imide groups is 1. The number of amides is 4. The minimum Gasteiger partial charge on any atom is -0.341 e. The summed E-state index contributed by atoms with van der Waals surface area (Å²) in [6.07, 6.45) is 2.19. The summed E-state index contributed by atoms with van der Waals surface area (Å²) < 4.78 is 0. The maximum absolute atomic E-state index is 12.2. The minimum atomic E-state index is -0.560. The molecule has 3 rings (SSSR count). The third-order valence-corrected chi connectivity index (χ3v) is 4.19. The highest BCUT2D eigenvalue weighted by Crippen LogP contribution is 2.31. The Balaban J connectivity index is 1.83. The fraction of sp³-hybridized carbons (Fsp3) is 0.750. The van der Waals surface area contributed by atoms with Crippen molar-refractivity contribution in [2.24, 2.45) is 0 Å². The summed E-state index contributed by atoms with van der Waals surface area (Å²) in [6, 6.07) is -1.13. The molecular weight excluding hydrogens is 234 g/mol. The number of nitrogens with zero attached hydrogens (tertiary/aromatic N) is 3. The summed E-state index contributed by atoms with van der Waals surface area (Å²) >= 11 is 0. The third kappa shape index (κ3) is 1.38. The molecule has 6 heteroatoms. The van der Waals surface area contributed by atoms with Crippen molar-refractivity contribution in [3.05, 3.63) is 0 Å². The first-order valence-electron chi connectivity index (χ1n) is 6.57. The summed E-state index contributed by atoms with van der Waals surface area (Å²) in [5, 5.41) is 0. The first kappa shape index (κ1) is 11.5. The Morgan fingerprint density at radius 2 is 1.83 bits per heavy atom. The van der Waals surface area contributed by atoms with Crippen LogP contribution in [0.4, 0.5) is 4.79 Å². The van der Waals surface area contributed by atoms with Gasteiger partial charge in [0.15, 0.2) is 0 Å². The number of carbonyl (C=O) groups is 3. The molecular formula is C12H17N3O3. The molecule has 2 atom stereocenters. The standard InChI is InChI=1S/C12H17N3O3/c1-2-13-7-5-9(10(13)16)15-11(17)8-4-3-6-14(8)12(15)18/h8-9H,2-7H2,1H3/t8-,9+/m1/s1. The van der Waals surface area contributed by atoms with Crippen LogP contribution in [0.15, 0.2) is 0 Å². The highest BCUT2D eigenvalue weighted by Gasteiger charge is 2.52. The largest absolute Gasteiger partial charge is 0.341 e. The second-order valence-corrected chi connectivity index (χ2v) is 5.06. The zero-order valence-electron chi connectivity index (χ0n) is 10.5. The van der Waals surface area contributed by atoms with Crippen LogP contribution in [0.1, 0.15) is 26.2 Å². The van der Waals surface area contributed by atoms with Crippen LogP contribution in [0.3, 0.4) is 0 Å². The van der Waals surface area contributed by atoms with E-state index in [2.05, 4.69) is 0 Å². The van der Waals surface area contributed by atoms with Crippen LogP contribution in [-0.4, -0.2) is 64.3 Å². The summed E-state index contributed by atoms with van der Waals surface area (Å²) in [6.45, 7) is 3.83. The van der Waals surface area contributed by atoms with Crippen molar-refractivity contribution in [2.75, 3.05) is 19.6 Å². The fourth-order valence-electron chi connectivity index (χ4n) is 3.21. The lowest BCUT2D eigenvalue weighted by Gasteiger charge is -2.21. The Kier molecular flexibility index (Phi) is 2.53. The maximum atomic E-state index is 12.2. The van der Waals surface area contributed by atoms with Crippen LogP contribution in [-0.2, 0) is 9.59 Å². The maximum Gasteiger partial charge on any atom is 0.328 e. The Morgan fingerprint density at radius 3 is 2.44 bits per heavy atom. The van der Waals surface area contributed by atoms with Gasteiger partial charge in [-0.1, -0.05) is 0 Å². The number of likely N-dealkylation sites (N-methyl/N-ethyl adjacent to an activating group) is 1. The van der Waals surface area contributed by atoms with E-state index in [0.717, 1.165) is 12.8 Å². The average molecular weight is 251 g/mol. The van der Waals surface area contributed by atoms with Gasteiger partial charge in [0.2, 0.25) is 5.91 Å².